The number of aromatic nitrogens is 4. The third-order valence-corrected chi connectivity index (χ3v) is 3.82. The number of likely N-dealkylation sites (N-methyl/N-ethyl adjacent to an activating group) is 1. The third kappa shape index (κ3) is 3.13. The molecule has 0 spiro atoms. The van der Waals surface area contributed by atoms with Crippen LogP contribution in [0.15, 0.2) is 30.6 Å². The molecule has 0 atom stereocenters. The molecule has 0 unspecified atom stereocenters. The van der Waals surface area contributed by atoms with Gasteiger partial charge >= 0.3 is 0 Å². The Morgan fingerprint density at radius 1 is 1.29 bits per heavy atom. The zero-order valence-electron chi connectivity index (χ0n) is 13.7. The number of hydrogen-bond acceptors (Lipinski definition) is 6. The number of rotatable bonds is 6. The van der Waals surface area contributed by atoms with Crippen LogP contribution in [0.5, 0.6) is 5.75 Å². The van der Waals surface area contributed by atoms with Crippen molar-refractivity contribution in [1.29, 1.82) is 5.26 Å². The van der Waals surface area contributed by atoms with Crippen LogP contribution in [0.25, 0.3) is 11.0 Å². The van der Waals surface area contributed by atoms with Crippen LogP contribution in [-0.2, 0) is 6.42 Å². The Labute approximate surface area is 139 Å². The van der Waals surface area contributed by atoms with Gasteiger partial charge in [0.05, 0.1) is 18.1 Å². The highest BCUT2D eigenvalue weighted by Gasteiger charge is 2.13. The van der Waals surface area contributed by atoms with E-state index in [0.717, 1.165) is 29.2 Å². The maximum atomic E-state index is 9.18. The van der Waals surface area contributed by atoms with Crippen LogP contribution in [0, 0.1) is 11.3 Å². The smallest absolute Gasteiger partial charge is 0.183 e. The predicted octanol–water partition coefficient (Wildman–Crippen LogP) is 2.30. The topological polar surface area (TPSA) is 90.7 Å². The van der Waals surface area contributed by atoms with Crippen molar-refractivity contribution in [1.82, 2.24) is 19.9 Å². The van der Waals surface area contributed by atoms with Crippen LogP contribution >= 0.6 is 0 Å². The molecule has 0 aliphatic rings. The molecule has 1 N–H and O–H groups in total. The number of nitrogens with zero attached hydrogens (tertiary/aromatic N) is 5. The minimum atomic E-state index is 0.341. The van der Waals surface area contributed by atoms with E-state index < -0.39 is 0 Å². The summed E-state index contributed by atoms with van der Waals surface area (Å²) in [6, 6.07) is 7.85. The number of fused-ring (bicyclic) bond motifs is 1. The van der Waals surface area contributed by atoms with Gasteiger partial charge < -0.3 is 14.6 Å². The molecule has 2 aromatic heterocycles. The van der Waals surface area contributed by atoms with E-state index in [1.165, 1.54) is 6.20 Å². The zero-order chi connectivity index (χ0) is 16.9. The van der Waals surface area contributed by atoms with Crippen molar-refractivity contribution in [3.05, 3.63) is 42.1 Å². The highest BCUT2D eigenvalue weighted by molar-refractivity contribution is 5.76. The first-order valence-electron chi connectivity index (χ1n) is 7.73. The summed E-state index contributed by atoms with van der Waals surface area (Å²) in [5, 5.41) is 9.18. The van der Waals surface area contributed by atoms with E-state index in [2.05, 4.69) is 26.0 Å². The van der Waals surface area contributed by atoms with E-state index in [0.29, 0.717) is 24.5 Å². The van der Waals surface area contributed by atoms with Crippen molar-refractivity contribution in [3.8, 4) is 11.8 Å². The zero-order valence-corrected chi connectivity index (χ0v) is 13.7. The first-order chi connectivity index (χ1) is 11.7. The van der Waals surface area contributed by atoms with E-state index in [4.69, 9.17) is 4.74 Å². The SMILES string of the molecule is CCN(CCc1nc2ccc(OC)cc2[nH]1)c1nccnc1C#N. The molecule has 1 aromatic carbocycles. The third-order valence-electron chi connectivity index (χ3n) is 3.82. The largest absolute Gasteiger partial charge is 0.497 e. The summed E-state index contributed by atoms with van der Waals surface area (Å²) < 4.78 is 5.23. The van der Waals surface area contributed by atoms with Crippen LogP contribution in [0.3, 0.4) is 0 Å². The molecule has 24 heavy (non-hydrogen) atoms. The number of imidazole rings is 1. The van der Waals surface area contributed by atoms with E-state index in [-0.39, 0.29) is 0 Å². The predicted molar refractivity (Wildman–Crippen MR) is 91.0 cm³/mol. The van der Waals surface area contributed by atoms with E-state index >= 15 is 0 Å². The van der Waals surface area contributed by atoms with Gasteiger partial charge in [0, 0.05) is 38.0 Å². The number of H-pyrrole nitrogens is 1. The number of ether oxygens (including phenoxy) is 1. The Bertz CT molecular complexity index is 882. The quantitative estimate of drug-likeness (QED) is 0.749. The fourth-order valence-electron chi connectivity index (χ4n) is 2.58. The van der Waals surface area contributed by atoms with E-state index in [9.17, 15) is 5.26 Å². The lowest BCUT2D eigenvalue weighted by Crippen LogP contribution is -2.27. The second-order valence-corrected chi connectivity index (χ2v) is 5.24. The van der Waals surface area contributed by atoms with E-state index in [1.807, 2.05) is 30.0 Å². The molecule has 0 bridgehead atoms. The number of methoxy groups -OCH3 is 1. The summed E-state index contributed by atoms with van der Waals surface area (Å²) in [6.07, 6.45) is 3.85. The highest BCUT2D eigenvalue weighted by atomic mass is 16.5. The van der Waals surface area contributed by atoms with Crippen molar-refractivity contribution in [2.24, 2.45) is 0 Å². The van der Waals surface area contributed by atoms with Crippen LogP contribution in [0.1, 0.15) is 18.4 Å². The lowest BCUT2D eigenvalue weighted by molar-refractivity contribution is 0.415. The summed E-state index contributed by atoms with van der Waals surface area (Å²) >= 11 is 0. The molecule has 0 aliphatic carbocycles. The van der Waals surface area contributed by atoms with Crippen molar-refractivity contribution in [2.45, 2.75) is 13.3 Å². The van der Waals surface area contributed by atoms with Crippen LogP contribution in [0.2, 0.25) is 0 Å². The molecule has 0 radical (unpaired) electrons. The number of benzene rings is 1. The summed E-state index contributed by atoms with van der Waals surface area (Å²) in [7, 11) is 1.64. The van der Waals surface area contributed by atoms with Crippen molar-refractivity contribution in [2.75, 3.05) is 25.1 Å². The molecule has 7 nitrogen and oxygen atoms in total. The minimum Gasteiger partial charge on any atom is -0.497 e. The lowest BCUT2D eigenvalue weighted by Gasteiger charge is -2.21. The number of nitrogens with one attached hydrogen (secondary N) is 1. The Kier molecular flexibility index (Phi) is 4.57. The van der Waals surface area contributed by atoms with Crippen molar-refractivity contribution < 1.29 is 4.74 Å². The molecule has 0 aliphatic heterocycles. The van der Waals surface area contributed by atoms with E-state index in [1.54, 1.807) is 13.3 Å². The second-order valence-electron chi connectivity index (χ2n) is 5.24. The molecule has 0 fully saturated rings. The summed E-state index contributed by atoms with van der Waals surface area (Å²) in [5.74, 6) is 2.30. The van der Waals surface area contributed by atoms with Crippen molar-refractivity contribution >= 4 is 16.9 Å². The van der Waals surface area contributed by atoms with Crippen LogP contribution in [-0.4, -0.2) is 40.1 Å². The van der Waals surface area contributed by atoms with Gasteiger partial charge in [0.1, 0.15) is 17.6 Å². The minimum absolute atomic E-state index is 0.341. The van der Waals surface area contributed by atoms with Gasteiger partial charge in [-0.1, -0.05) is 0 Å². The van der Waals surface area contributed by atoms with Gasteiger partial charge in [-0.15, -0.1) is 0 Å². The molecule has 0 saturated heterocycles. The van der Waals surface area contributed by atoms with Gasteiger partial charge in [-0.2, -0.15) is 5.26 Å². The lowest BCUT2D eigenvalue weighted by atomic mass is 10.3. The maximum absolute atomic E-state index is 9.18. The summed E-state index contributed by atoms with van der Waals surface area (Å²) in [6.45, 7) is 3.46. The van der Waals surface area contributed by atoms with Gasteiger partial charge in [0.2, 0.25) is 0 Å². The first kappa shape index (κ1) is 15.7. The summed E-state index contributed by atoms with van der Waals surface area (Å²) in [4.78, 5) is 18.3. The molecular formula is C17H18N6O. The second kappa shape index (κ2) is 6.96. The fourth-order valence-corrected chi connectivity index (χ4v) is 2.58. The number of aromatic amines is 1. The molecule has 0 amide bonds. The normalized spacial score (nSPS) is 10.5. The molecule has 2 heterocycles. The number of nitriles is 1. The average molecular weight is 322 g/mol. The Morgan fingerprint density at radius 2 is 2.12 bits per heavy atom. The summed E-state index contributed by atoms with van der Waals surface area (Å²) in [5.41, 5.74) is 2.20. The maximum Gasteiger partial charge on any atom is 0.183 e. The highest BCUT2D eigenvalue weighted by Crippen LogP contribution is 2.19. The standard InChI is InChI=1S/C17H18N6O/c1-3-23(17-15(11-18)19-7-8-20-17)9-6-16-21-13-5-4-12(24-2)10-14(13)22-16/h4-5,7-8,10H,3,6,9H2,1-2H3,(H,21,22). The van der Waals surface area contributed by atoms with Gasteiger partial charge in [-0.3, -0.25) is 0 Å². The monoisotopic (exact) mass is 322 g/mol. The number of anilines is 1. The number of hydrogen-bond donors (Lipinski definition) is 1. The first-order valence-corrected chi connectivity index (χ1v) is 7.73. The fraction of sp³-hybridized carbons (Fsp3) is 0.294. The molecule has 3 rings (SSSR count). The molecular weight excluding hydrogens is 304 g/mol. The Hall–Kier alpha value is -3.14. The molecule has 122 valence electrons. The Morgan fingerprint density at radius 3 is 2.88 bits per heavy atom. The molecule has 7 heteroatoms. The molecule has 3 aromatic rings. The van der Waals surface area contributed by atoms with Crippen molar-refractivity contribution in [3.63, 3.8) is 0 Å². The van der Waals surface area contributed by atoms with Gasteiger partial charge in [-0.05, 0) is 19.1 Å². The van der Waals surface area contributed by atoms with Gasteiger partial charge in [0.25, 0.3) is 0 Å². The molecule has 0 saturated carbocycles. The van der Waals surface area contributed by atoms with Crippen LogP contribution < -0.4 is 9.64 Å². The van der Waals surface area contributed by atoms with Gasteiger partial charge in [0.15, 0.2) is 11.5 Å². The Balaban J connectivity index is 1.77. The van der Waals surface area contributed by atoms with Crippen LogP contribution in [0.4, 0.5) is 5.82 Å². The van der Waals surface area contributed by atoms with Gasteiger partial charge in [-0.25, -0.2) is 15.0 Å². The average Bonchev–Trinajstić information content (AvgIpc) is 3.04.